The molecule has 0 unspecified atom stereocenters. The molecule has 0 saturated heterocycles. The molecule has 0 aliphatic heterocycles. The Morgan fingerprint density at radius 3 is 2.63 bits per heavy atom. The highest BCUT2D eigenvalue weighted by Crippen LogP contribution is 2.02. The molecule has 1 aromatic carbocycles. The second kappa shape index (κ2) is 9.95. The van der Waals surface area contributed by atoms with Gasteiger partial charge in [-0.15, -0.1) is 0 Å². The SMILES string of the molecule is C=COCCCCOC(=O)C/C=C/c1ccccc1. The van der Waals surface area contributed by atoms with Crippen LogP contribution in [0.15, 0.2) is 49.2 Å². The maximum Gasteiger partial charge on any atom is 0.309 e. The Labute approximate surface area is 114 Å². The molecular formula is C16H20O3. The quantitative estimate of drug-likeness (QED) is 0.387. The van der Waals surface area contributed by atoms with Crippen LogP contribution in [0.4, 0.5) is 0 Å². The van der Waals surface area contributed by atoms with Crippen LogP contribution in [0.1, 0.15) is 24.8 Å². The molecule has 0 amide bonds. The van der Waals surface area contributed by atoms with E-state index < -0.39 is 0 Å². The lowest BCUT2D eigenvalue weighted by atomic mass is 10.2. The molecule has 1 rings (SSSR count). The summed E-state index contributed by atoms with van der Waals surface area (Å²) >= 11 is 0. The number of carbonyl (C=O) groups is 1. The van der Waals surface area contributed by atoms with Crippen molar-refractivity contribution in [3.05, 3.63) is 54.8 Å². The second-order valence-electron chi connectivity index (χ2n) is 3.98. The zero-order valence-corrected chi connectivity index (χ0v) is 11.1. The smallest absolute Gasteiger partial charge is 0.309 e. The van der Waals surface area contributed by atoms with Gasteiger partial charge in [0.15, 0.2) is 0 Å². The van der Waals surface area contributed by atoms with Crippen LogP contribution in [0.2, 0.25) is 0 Å². The molecule has 3 nitrogen and oxygen atoms in total. The first-order chi connectivity index (χ1) is 9.33. The van der Waals surface area contributed by atoms with Crippen molar-refractivity contribution in [3.63, 3.8) is 0 Å². The summed E-state index contributed by atoms with van der Waals surface area (Å²) in [6.45, 7) is 4.51. The van der Waals surface area contributed by atoms with Crippen molar-refractivity contribution in [2.45, 2.75) is 19.3 Å². The molecule has 0 fully saturated rings. The zero-order valence-electron chi connectivity index (χ0n) is 11.1. The highest BCUT2D eigenvalue weighted by molar-refractivity contribution is 5.72. The van der Waals surface area contributed by atoms with Gasteiger partial charge in [-0.1, -0.05) is 49.1 Å². The standard InChI is InChI=1S/C16H20O3/c1-2-18-13-6-7-14-19-16(17)12-8-11-15-9-4-3-5-10-15/h2-5,8-11H,1,6-7,12-14H2/b11-8+. The van der Waals surface area contributed by atoms with Crippen LogP contribution >= 0.6 is 0 Å². The monoisotopic (exact) mass is 260 g/mol. The van der Waals surface area contributed by atoms with Crippen LogP contribution in [-0.2, 0) is 14.3 Å². The molecule has 0 aliphatic carbocycles. The van der Waals surface area contributed by atoms with Crippen LogP contribution in [-0.4, -0.2) is 19.2 Å². The van der Waals surface area contributed by atoms with Gasteiger partial charge in [-0.2, -0.15) is 0 Å². The molecule has 0 spiro atoms. The van der Waals surface area contributed by atoms with Gasteiger partial charge in [0.1, 0.15) is 0 Å². The first kappa shape index (κ1) is 15.0. The van der Waals surface area contributed by atoms with Gasteiger partial charge in [-0.25, -0.2) is 0 Å². The van der Waals surface area contributed by atoms with E-state index in [0.717, 1.165) is 18.4 Å². The summed E-state index contributed by atoms with van der Waals surface area (Å²) in [6.07, 6.45) is 7.12. The second-order valence-corrected chi connectivity index (χ2v) is 3.98. The van der Waals surface area contributed by atoms with Gasteiger partial charge < -0.3 is 9.47 Å². The van der Waals surface area contributed by atoms with Crippen LogP contribution in [0.5, 0.6) is 0 Å². The average Bonchev–Trinajstić information content (AvgIpc) is 2.44. The molecule has 19 heavy (non-hydrogen) atoms. The van der Waals surface area contributed by atoms with Crippen molar-refractivity contribution in [1.82, 2.24) is 0 Å². The lowest BCUT2D eigenvalue weighted by Gasteiger charge is -2.03. The van der Waals surface area contributed by atoms with Crippen molar-refractivity contribution < 1.29 is 14.3 Å². The number of hydrogen-bond acceptors (Lipinski definition) is 3. The summed E-state index contributed by atoms with van der Waals surface area (Å²) in [5.41, 5.74) is 1.08. The molecule has 3 heteroatoms. The van der Waals surface area contributed by atoms with E-state index >= 15 is 0 Å². The minimum atomic E-state index is -0.197. The van der Waals surface area contributed by atoms with E-state index in [2.05, 4.69) is 6.58 Å². The molecule has 0 heterocycles. The number of ether oxygens (including phenoxy) is 2. The summed E-state index contributed by atoms with van der Waals surface area (Å²) in [4.78, 5) is 11.4. The fourth-order valence-corrected chi connectivity index (χ4v) is 1.47. The Morgan fingerprint density at radius 2 is 1.89 bits per heavy atom. The lowest BCUT2D eigenvalue weighted by Crippen LogP contribution is -2.05. The maximum absolute atomic E-state index is 11.4. The zero-order chi connectivity index (χ0) is 13.8. The van der Waals surface area contributed by atoms with E-state index in [1.807, 2.05) is 42.5 Å². The van der Waals surface area contributed by atoms with Gasteiger partial charge in [0, 0.05) is 0 Å². The van der Waals surface area contributed by atoms with E-state index in [1.54, 1.807) is 0 Å². The molecule has 102 valence electrons. The molecule has 0 saturated carbocycles. The highest BCUT2D eigenvalue weighted by atomic mass is 16.5. The van der Waals surface area contributed by atoms with Crippen LogP contribution in [0, 0.1) is 0 Å². The molecule has 0 aliphatic rings. The Kier molecular flexibility index (Phi) is 7.87. The fraction of sp³-hybridized carbons (Fsp3) is 0.312. The van der Waals surface area contributed by atoms with Crippen molar-refractivity contribution in [2.24, 2.45) is 0 Å². The normalized spacial score (nSPS) is 10.3. The Hall–Kier alpha value is -2.03. The summed E-state index contributed by atoms with van der Waals surface area (Å²) in [5, 5.41) is 0. The number of unbranched alkanes of at least 4 members (excludes halogenated alkanes) is 1. The first-order valence-corrected chi connectivity index (χ1v) is 6.42. The third-order valence-corrected chi connectivity index (χ3v) is 2.43. The largest absolute Gasteiger partial charge is 0.502 e. The number of rotatable bonds is 9. The topological polar surface area (TPSA) is 35.5 Å². The fourth-order valence-electron chi connectivity index (χ4n) is 1.47. The summed E-state index contributed by atoms with van der Waals surface area (Å²) in [7, 11) is 0. The third kappa shape index (κ3) is 7.82. The molecule has 0 radical (unpaired) electrons. The molecule has 0 N–H and O–H groups in total. The van der Waals surface area contributed by atoms with E-state index in [-0.39, 0.29) is 5.97 Å². The van der Waals surface area contributed by atoms with Gasteiger partial charge in [0.2, 0.25) is 0 Å². The number of carbonyl (C=O) groups excluding carboxylic acids is 1. The number of esters is 1. The van der Waals surface area contributed by atoms with Crippen LogP contribution < -0.4 is 0 Å². The predicted octanol–water partition coefficient (Wildman–Crippen LogP) is 3.57. The van der Waals surface area contributed by atoms with E-state index in [0.29, 0.717) is 19.6 Å². The maximum atomic E-state index is 11.4. The van der Waals surface area contributed by atoms with Gasteiger partial charge in [-0.05, 0) is 18.4 Å². The van der Waals surface area contributed by atoms with Crippen LogP contribution in [0.25, 0.3) is 6.08 Å². The van der Waals surface area contributed by atoms with Gasteiger partial charge in [-0.3, -0.25) is 4.79 Å². The summed E-state index contributed by atoms with van der Waals surface area (Å²) in [5.74, 6) is -0.197. The van der Waals surface area contributed by atoms with E-state index in [1.165, 1.54) is 6.26 Å². The molecule has 1 aromatic rings. The van der Waals surface area contributed by atoms with E-state index in [9.17, 15) is 4.79 Å². The Bertz CT molecular complexity index is 396. The molecule has 0 bridgehead atoms. The van der Waals surface area contributed by atoms with Gasteiger partial charge >= 0.3 is 5.97 Å². The number of hydrogen-bond donors (Lipinski definition) is 0. The minimum Gasteiger partial charge on any atom is -0.502 e. The highest BCUT2D eigenvalue weighted by Gasteiger charge is 1.99. The molecular weight excluding hydrogens is 240 g/mol. The van der Waals surface area contributed by atoms with E-state index in [4.69, 9.17) is 9.47 Å². The number of benzene rings is 1. The summed E-state index contributed by atoms with van der Waals surface area (Å²) in [6, 6.07) is 9.86. The van der Waals surface area contributed by atoms with Crippen LogP contribution in [0.3, 0.4) is 0 Å². The van der Waals surface area contributed by atoms with Crippen molar-refractivity contribution >= 4 is 12.0 Å². The average molecular weight is 260 g/mol. The van der Waals surface area contributed by atoms with Gasteiger partial charge in [0.25, 0.3) is 0 Å². The van der Waals surface area contributed by atoms with Crippen molar-refractivity contribution in [1.29, 1.82) is 0 Å². The Morgan fingerprint density at radius 1 is 1.16 bits per heavy atom. The summed E-state index contributed by atoms with van der Waals surface area (Å²) < 4.78 is 10.1. The minimum absolute atomic E-state index is 0.197. The third-order valence-electron chi connectivity index (χ3n) is 2.43. The first-order valence-electron chi connectivity index (χ1n) is 6.42. The molecule has 0 atom stereocenters. The van der Waals surface area contributed by atoms with Gasteiger partial charge in [0.05, 0.1) is 25.9 Å². The molecule has 0 aromatic heterocycles. The Balaban J connectivity index is 2.08. The van der Waals surface area contributed by atoms with Crippen molar-refractivity contribution in [2.75, 3.05) is 13.2 Å². The van der Waals surface area contributed by atoms with Crippen molar-refractivity contribution in [3.8, 4) is 0 Å². The lowest BCUT2D eigenvalue weighted by molar-refractivity contribution is -0.142. The predicted molar refractivity (Wildman–Crippen MR) is 76.4 cm³/mol.